The standard InChI is InChI=1S/C18H21NO3S/c1-14-6-3-8-16(12-14)22-11-5-10-18(20)19-15-7-4-9-17(13-15)23(2)21/h3-4,6-9,12-13H,5,10-11H2,1-2H3,(H,19,20). The van der Waals surface area contributed by atoms with Gasteiger partial charge in [0.15, 0.2) is 0 Å². The molecule has 0 aliphatic rings. The van der Waals surface area contributed by atoms with Gasteiger partial charge in [-0.15, -0.1) is 0 Å². The van der Waals surface area contributed by atoms with Crippen molar-refractivity contribution in [2.24, 2.45) is 0 Å². The Morgan fingerprint density at radius 3 is 2.70 bits per heavy atom. The molecule has 1 amide bonds. The molecule has 23 heavy (non-hydrogen) atoms. The monoisotopic (exact) mass is 331 g/mol. The molecule has 0 aliphatic carbocycles. The van der Waals surface area contributed by atoms with Gasteiger partial charge < -0.3 is 10.1 Å². The van der Waals surface area contributed by atoms with Gasteiger partial charge in [0, 0.05) is 34.1 Å². The number of rotatable bonds is 7. The predicted molar refractivity (Wildman–Crippen MR) is 93.3 cm³/mol. The first-order chi connectivity index (χ1) is 11.0. The van der Waals surface area contributed by atoms with Gasteiger partial charge in [0.25, 0.3) is 0 Å². The number of amides is 1. The van der Waals surface area contributed by atoms with Gasteiger partial charge in [-0.3, -0.25) is 9.00 Å². The lowest BCUT2D eigenvalue weighted by molar-refractivity contribution is -0.116. The summed E-state index contributed by atoms with van der Waals surface area (Å²) >= 11 is 0. The molecule has 0 radical (unpaired) electrons. The maximum absolute atomic E-state index is 11.9. The number of ether oxygens (including phenoxy) is 1. The Balaban J connectivity index is 1.75. The summed E-state index contributed by atoms with van der Waals surface area (Å²) in [4.78, 5) is 12.6. The van der Waals surface area contributed by atoms with E-state index in [9.17, 15) is 9.00 Å². The highest BCUT2D eigenvalue weighted by atomic mass is 32.2. The number of hydrogen-bond acceptors (Lipinski definition) is 3. The Kier molecular flexibility index (Phi) is 6.35. The lowest BCUT2D eigenvalue weighted by Crippen LogP contribution is -2.13. The van der Waals surface area contributed by atoms with Crippen molar-refractivity contribution in [2.75, 3.05) is 18.2 Å². The van der Waals surface area contributed by atoms with Gasteiger partial charge in [0.1, 0.15) is 5.75 Å². The number of nitrogens with one attached hydrogen (secondary N) is 1. The topological polar surface area (TPSA) is 55.4 Å². The Morgan fingerprint density at radius 2 is 1.96 bits per heavy atom. The zero-order valence-electron chi connectivity index (χ0n) is 13.4. The second-order valence-corrected chi connectivity index (χ2v) is 6.68. The number of carbonyl (C=O) groups excluding carboxylic acids is 1. The molecule has 0 heterocycles. The first-order valence-electron chi connectivity index (χ1n) is 7.47. The maximum atomic E-state index is 11.9. The highest BCUT2D eigenvalue weighted by molar-refractivity contribution is 7.84. The summed E-state index contributed by atoms with van der Waals surface area (Å²) in [5, 5.41) is 2.82. The minimum atomic E-state index is -1.06. The summed E-state index contributed by atoms with van der Waals surface area (Å²) in [6, 6.07) is 14.9. The van der Waals surface area contributed by atoms with Gasteiger partial charge >= 0.3 is 0 Å². The molecule has 1 atom stereocenters. The Bertz CT molecular complexity index is 700. The highest BCUT2D eigenvalue weighted by Crippen LogP contribution is 2.15. The largest absolute Gasteiger partial charge is 0.494 e. The van der Waals surface area contributed by atoms with Crippen LogP contribution in [-0.2, 0) is 15.6 Å². The maximum Gasteiger partial charge on any atom is 0.224 e. The minimum absolute atomic E-state index is 0.0723. The van der Waals surface area contributed by atoms with Crippen molar-refractivity contribution in [3.8, 4) is 5.75 Å². The van der Waals surface area contributed by atoms with Crippen LogP contribution in [-0.4, -0.2) is 23.0 Å². The van der Waals surface area contributed by atoms with Crippen molar-refractivity contribution in [2.45, 2.75) is 24.7 Å². The van der Waals surface area contributed by atoms with Crippen LogP contribution in [0.4, 0.5) is 5.69 Å². The summed E-state index contributed by atoms with van der Waals surface area (Å²) in [7, 11) is -1.06. The van der Waals surface area contributed by atoms with E-state index in [0.717, 1.165) is 11.3 Å². The van der Waals surface area contributed by atoms with Crippen LogP contribution in [0.5, 0.6) is 5.75 Å². The molecular formula is C18H21NO3S. The summed E-state index contributed by atoms with van der Waals surface area (Å²) in [5.74, 6) is 0.750. The third-order valence-electron chi connectivity index (χ3n) is 3.26. The van der Waals surface area contributed by atoms with E-state index >= 15 is 0 Å². The molecule has 0 aromatic heterocycles. The molecule has 4 nitrogen and oxygen atoms in total. The quantitative estimate of drug-likeness (QED) is 0.790. The van der Waals surface area contributed by atoms with E-state index in [1.807, 2.05) is 31.2 Å². The summed E-state index contributed by atoms with van der Waals surface area (Å²) in [6.07, 6.45) is 2.63. The van der Waals surface area contributed by atoms with Crippen molar-refractivity contribution >= 4 is 22.4 Å². The lowest BCUT2D eigenvalue weighted by Gasteiger charge is -2.08. The smallest absolute Gasteiger partial charge is 0.224 e. The summed E-state index contributed by atoms with van der Waals surface area (Å²) < 4.78 is 17.1. The highest BCUT2D eigenvalue weighted by Gasteiger charge is 2.05. The molecule has 2 aromatic carbocycles. The van der Waals surface area contributed by atoms with Gasteiger partial charge in [-0.25, -0.2) is 0 Å². The molecule has 122 valence electrons. The normalized spacial score (nSPS) is 11.7. The number of benzene rings is 2. The second kappa shape index (κ2) is 8.48. The number of carbonyl (C=O) groups is 1. The molecular weight excluding hydrogens is 310 g/mol. The third kappa shape index (κ3) is 5.87. The fourth-order valence-corrected chi connectivity index (χ4v) is 2.67. The van der Waals surface area contributed by atoms with Gasteiger partial charge in [0.2, 0.25) is 5.91 Å². The van der Waals surface area contributed by atoms with Gasteiger partial charge in [-0.1, -0.05) is 18.2 Å². The fraction of sp³-hybridized carbons (Fsp3) is 0.278. The molecule has 2 rings (SSSR count). The Morgan fingerprint density at radius 1 is 1.17 bits per heavy atom. The molecule has 0 saturated carbocycles. The molecule has 0 bridgehead atoms. The number of hydrogen-bond donors (Lipinski definition) is 1. The van der Waals surface area contributed by atoms with Crippen molar-refractivity contribution in [1.82, 2.24) is 0 Å². The van der Waals surface area contributed by atoms with Gasteiger partial charge in [-0.05, 0) is 49.2 Å². The molecule has 0 fully saturated rings. The molecule has 0 saturated heterocycles. The molecule has 2 aromatic rings. The van der Waals surface area contributed by atoms with Gasteiger partial charge in [-0.2, -0.15) is 0 Å². The van der Waals surface area contributed by atoms with Crippen LogP contribution in [0.15, 0.2) is 53.4 Å². The van der Waals surface area contributed by atoms with E-state index in [1.54, 1.807) is 30.5 Å². The van der Waals surface area contributed by atoms with Crippen molar-refractivity contribution in [3.05, 3.63) is 54.1 Å². The predicted octanol–water partition coefficient (Wildman–Crippen LogP) is 3.53. The first-order valence-corrected chi connectivity index (χ1v) is 9.03. The van der Waals surface area contributed by atoms with E-state index < -0.39 is 10.8 Å². The molecule has 1 unspecified atom stereocenters. The van der Waals surface area contributed by atoms with Crippen molar-refractivity contribution < 1.29 is 13.7 Å². The minimum Gasteiger partial charge on any atom is -0.494 e. The van der Waals surface area contributed by atoms with Crippen LogP contribution < -0.4 is 10.1 Å². The zero-order valence-corrected chi connectivity index (χ0v) is 14.2. The van der Waals surface area contributed by atoms with Crippen LogP contribution in [0.2, 0.25) is 0 Å². The van der Waals surface area contributed by atoms with Crippen LogP contribution in [0.3, 0.4) is 0 Å². The lowest BCUT2D eigenvalue weighted by atomic mass is 10.2. The van der Waals surface area contributed by atoms with Crippen molar-refractivity contribution in [1.29, 1.82) is 0 Å². The average molecular weight is 331 g/mol. The number of anilines is 1. The van der Waals surface area contributed by atoms with Crippen LogP contribution in [0, 0.1) is 6.92 Å². The average Bonchev–Trinajstić information content (AvgIpc) is 2.52. The Labute approximate surface area is 139 Å². The number of aryl methyl sites for hydroxylation is 1. The summed E-state index contributed by atoms with van der Waals surface area (Å²) in [5.41, 5.74) is 1.82. The molecule has 1 N–H and O–H groups in total. The molecule has 5 heteroatoms. The molecule has 0 spiro atoms. The van der Waals surface area contributed by atoms with Crippen LogP contribution in [0.1, 0.15) is 18.4 Å². The van der Waals surface area contributed by atoms with E-state index in [2.05, 4.69) is 5.32 Å². The van der Waals surface area contributed by atoms with Crippen LogP contribution in [0.25, 0.3) is 0 Å². The van der Waals surface area contributed by atoms with E-state index in [-0.39, 0.29) is 5.91 Å². The first kappa shape index (κ1) is 17.2. The molecule has 0 aliphatic heterocycles. The van der Waals surface area contributed by atoms with E-state index in [0.29, 0.717) is 30.0 Å². The van der Waals surface area contributed by atoms with Crippen molar-refractivity contribution in [3.63, 3.8) is 0 Å². The fourth-order valence-electron chi connectivity index (χ4n) is 2.10. The SMILES string of the molecule is Cc1cccc(OCCCC(=O)Nc2cccc(S(C)=O)c2)c1. The van der Waals surface area contributed by atoms with E-state index in [1.165, 1.54) is 0 Å². The van der Waals surface area contributed by atoms with Crippen LogP contribution >= 0.6 is 0 Å². The zero-order chi connectivity index (χ0) is 16.7. The van der Waals surface area contributed by atoms with Gasteiger partial charge in [0.05, 0.1) is 6.61 Å². The summed E-state index contributed by atoms with van der Waals surface area (Å²) in [6.45, 7) is 2.51. The van der Waals surface area contributed by atoms with E-state index in [4.69, 9.17) is 4.74 Å². The Hall–Kier alpha value is -2.14. The third-order valence-corrected chi connectivity index (χ3v) is 4.17. The second-order valence-electron chi connectivity index (χ2n) is 5.30.